The minimum atomic E-state index is -3.50. The van der Waals surface area contributed by atoms with Crippen LogP contribution >= 0.6 is 11.8 Å². The van der Waals surface area contributed by atoms with Gasteiger partial charge >= 0.3 is 0 Å². The maximum atomic E-state index is 12.7. The van der Waals surface area contributed by atoms with Crippen LogP contribution in [0.15, 0.2) is 58.7 Å². The zero-order valence-corrected chi connectivity index (χ0v) is 16.5. The molecule has 0 saturated heterocycles. The van der Waals surface area contributed by atoms with Crippen molar-refractivity contribution in [3.05, 3.63) is 54.2 Å². The molecule has 0 fully saturated rings. The Morgan fingerprint density at radius 3 is 2.46 bits per heavy atom. The Balaban J connectivity index is 1.82. The molecule has 2 heterocycles. The topological polar surface area (TPSA) is 67.6 Å². The smallest absolute Gasteiger partial charge is 0.244 e. The van der Waals surface area contributed by atoms with E-state index in [0.29, 0.717) is 23.9 Å². The van der Waals surface area contributed by atoms with Crippen molar-refractivity contribution in [3.8, 4) is 0 Å². The first kappa shape index (κ1) is 18.9. The summed E-state index contributed by atoms with van der Waals surface area (Å²) in [5.41, 5.74) is 1.91. The quantitative estimate of drug-likeness (QED) is 0.553. The van der Waals surface area contributed by atoms with Crippen LogP contribution in [0.25, 0.3) is 5.65 Å². The van der Waals surface area contributed by atoms with Crippen LogP contribution in [0.5, 0.6) is 0 Å². The molecule has 3 rings (SSSR count). The van der Waals surface area contributed by atoms with Crippen LogP contribution in [0.2, 0.25) is 0 Å². The van der Waals surface area contributed by atoms with E-state index in [0.717, 1.165) is 12.2 Å². The predicted octanol–water partition coefficient (Wildman–Crippen LogP) is 3.09. The fourth-order valence-corrected chi connectivity index (χ4v) is 5.08. The van der Waals surface area contributed by atoms with Gasteiger partial charge < -0.3 is 0 Å². The van der Waals surface area contributed by atoms with Crippen molar-refractivity contribution in [1.29, 1.82) is 0 Å². The lowest BCUT2D eigenvalue weighted by Crippen LogP contribution is -2.30. The monoisotopic (exact) mass is 390 g/mol. The summed E-state index contributed by atoms with van der Waals surface area (Å²) >= 11 is 1.57. The van der Waals surface area contributed by atoms with E-state index in [2.05, 4.69) is 22.3 Å². The summed E-state index contributed by atoms with van der Waals surface area (Å²) in [4.78, 5) is 0.262. The van der Waals surface area contributed by atoms with Crippen LogP contribution in [0.3, 0.4) is 0 Å². The molecule has 0 radical (unpaired) electrons. The lowest BCUT2D eigenvalue weighted by Gasteiger charge is -2.18. The van der Waals surface area contributed by atoms with Crippen molar-refractivity contribution in [2.24, 2.45) is 0 Å². The van der Waals surface area contributed by atoms with Crippen molar-refractivity contribution in [2.75, 3.05) is 18.8 Å². The highest BCUT2D eigenvalue weighted by atomic mass is 32.2. The van der Waals surface area contributed by atoms with Gasteiger partial charge in [0, 0.05) is 25.0 Å². The number of rotatable bonds is 8. The molecule has 0 unspecified atom stereocenters. The molecule has 6 nitrogen and oxygen atoms in total. The number of aromatic nitrogens is 3. The third-order valence-corrected chi connectivity index (χ3v) is 7.13. The molecule has 0 aliphatic carbocycles. The number of aryl methyl sites for hydroxylation is 1. The minimum Gasteiger partial charge on any atom is -0.276 e. The van der Waals surface area contributed by atoms with Gasteiger partial charge in [-0.25, -0.2) is 8.42 Å². The van der Waals surface area contributed by atoms with Gasteiger partial charge in [-0.1, -0.05) is 55.9 Å². The SMILES string of the molecule is CCN(CC)S(=O)(=O)c1ccc2nnc(SCCc3ccccc3)n2c1. The maximum absolute atomic E-state index is 12.7. The van der Waals surface area contributed by atoms with E-state index in [9.17, 15) is 8.42 Å². The van der Waals surface area contributed by atoms with Gasteiger partial charge in [0.25, 0.3) is 0 Å². The zero-order chi connectivity index (χ0) is 18.6. The molecular weight excluding hydrogens is 368 g/mol. The summed E-state index contributed by atoms with van der Waals surface area (Å²) in [5, 5.41) is 9.04. The molecule has 3 aromatic rings. The molecule has 0 spiro atoms. The molecule has 0 amide bonds. The Bertz CT molecular complexity index is 967. The van der Waals surface area contributed by atoms with Gasteiger partial charge in [0.1, 0.15) is 0 Å². The highest BCUT2D eigenvalue weighted by molar-refractivity contribution is 7.99. The standard InChI is InChI=1S/C18H22N4O2S2/c1-3-21(4-2)26(23,24)16-10-11-17-19-20-18(22(17)14-16)25-13-12-15-8-6-5-7-9-15/h5-11,14H,3-4,12-13H2,1-2H3. The molecular formula is C18H22N4O2S2. The van der Waals surface area contributed by atoms with E-state index in [4.69, 9.17) is 0 Å². The molecule has 0 atom stereocenters. The van der Waals surface area contributed by atoms with Crippen LogP contribution in [0, 0.1) is 0 Å². The Hall–Kier alpha value is -1.90. The predicted molar refractivity (Wildman–Crippen MR) is 104 cm³/mol. The number of hydrogen-bond acceptors (Lipinski definition) is 5. The first-order chi connectivity index (χ1) is 12.6. The van der Waals surface area contributed by atoms with Crippen molar-refractivity contribution in [1.82, 2.24) is 18.9 Å². The third kappa shape index (κ3) is 3.92. The van der Waals surface area contributed by atoms with Gasteiger partial charge in [-0.15, -0.1) is 10.2 Å². The Morgan fingerprint density at radius 1 is 1.04 bits per heavy atom. The number of fused-ring (bicyclic) bond motifs is 1. The summed E-state index contributed by atoms with van der Waals surface area (Å²) in [6, 6.07) is 13.5. The van der Waals surface area contributed by atoms with E-state index in [1.165, 1.54) is 9.87 Å². The van der Waals surface area contributed by atoms with Gasteiger partial charge in [-0.3, -0.25) is 4.40 Å². The second-order valence-electron chi connectivity index (χ2n) is 5.75. The summed E-state index contributed by atoms with van der Waals surface area (Å²) in [6.45, 7) is 4.56. The van der Waals surface area contributed by atoms with Crippen molar-refractivity contribution >= 4 is 27.4 Å². The summed E-state index contributed by atoms with van der Waals surface area (Å²) in [6.07, 6.45) is 2.53. The molecule has 138 valence electrons. The fraction of sp³-hybridized carbons (Fsp3) is 0.333. The van der Waals surface area contributed by atoms with E-state index in [-0.39, 0.29) is 4.90 Å². The number of pyridine rings is 1. The third-order valence-electron chi connectivity index (χ3n) is 4.15. The second-order valence-corrected chi connectivity index (χ2v) is 8.75. The summed E-state index contributed by atoms with van der Waals surface area (Å²) < 4.78 is 28.7. The molecule has 0 N–H and O–H groups in total. The molecule has 0 saturated carbocycles. The molecule has 26 heavy (non-hydrogen) atoms. The Labute approximate surface area is 158 Å². The maximum Gasteiger partial charge on any atom is 0.244 e. The first-order valence-corrected chi connectivity index (χ1v) is 11.0. The largest absolute Gasteiger partial charge is 0.276 e. The lowest BCUT2D eigenvalue weighted by molar-refractivity contribution is 0.445. The van der Waals surface area contributed by atoms with Gasteiger partial charge in [0.2, 0.25) is 10.0 Å². The highest BCUT2D eigenvalue weighted by Gasteiger charge is 2.22. The number of hydrogen-bond donors (Lipinski definition) is 0. The summed E-state index contributed by atoms with van der Waals surface area (Å²) in [5.74, 6) is 0.845. The van der Waals surface area contributed by atoms with Crippen LogP contribution in [0.1, 0.15) is 19.4 Å². The number of benzene rings is 1. The normalized spacial score (nSPS) is 12.1. The number of sulfonamides is 1. The van der Waals surface area contributed by atoms with Crippen LogP contribution < -0.4 is 0 Å². The van der Waals surface area contributed by atoms with Gasteiger partial charge in [-0.05, 0) is 24.1 Å². The Kier molecular flexibility index (Phi) is 5.95. The number of nitrogens with zero attached hydrogens (tertiary/aromatic N) is 4. The van der Waals surface area contributed by atoms with Crippen molar-refractivity contribution in [2.45, 2.75) is 30.3 Å². The molecule has 0 aliphatic rings. The average Bonchev–Trinajstić information content (AvgIpc) is 3.06. The average molecular weight is 391 g/mol. The molecule has 0 bridgehead atoms. The van der Waals surface area contributed by atoms with Crippen LogP contribution in [-0.4, -0.2) is 46.2 Å². The summed E-state index contributed by atoms with van der Waals surface area (Å²) in [7, 11) is -3.50. The molecule has 1 aromatic carbocycles. The van der Waals surface area contributed by atoms with E-state index < -0.39 is 10.0 Å². The zero-order valence-electron chi connectivity index (χ0n) is 14.9. The molecule has 2 aromatic heterocycles. The van der Waals surface area contributed by atoms with Crippen molar-refractivity contribution in [3.63, 3.8) is 0 Å². The van der Waals surface area contributed by atoms with E-state index >= 15 is 0 Å². The number of thioether (sulfide) groups is 1. The van der Waals surface area contributed by atoms with E-state index in [1.807, 2.05) is 32.0 Å². The lowest BCUT2D eigenvalue weighted by atomic mass is 10.2. The minimum absolute atomic E-state index is 0.262. The van der Waals surface area contributed by atoms with Gasteiger partial charge in [-0.2, -0.15) is 4.31 Å². The van der Waals surface area contributed by atoms with Crippen LogP contribution in [-0.2, 0) is 16.4 Å². The van der Waals surface area contributed by atoms with Crippen molar-refractivity contribution < 1.29 is 8.42 Å². The van der Waals surface area contributed by atoms with Gasteiger partial charge in [0.15, 0.2) is 10.8 Å². The fourth-order valence-electron chi connectivity index (χ4n) is 2.72. The molecule has 0 aliphatic heterocycles. The van der Waals surface area contributed by atoms with Gasteiger partial charge in [0.05, 0.1) is 4.90 Å². The molecule has 8 heteroatoms. The first-order valence-electron chi connectivity index (χ1n) is 8.58. The van der Waals surface area contributed by atoms with Crippen LogP contribution in [0.4, 0.5) is 0 Å². The van der Waals surface area contributed by atoms with E-state index in [1.54, 1.807) is 34.5 Å². The highest BCUT2D eigenvalue weighted by Crippen LogP contribution is 2.22. The second kappa shape index (κ2) is 8.20. The Morgan fingerprint density at radius 2 is 1.77 bits per heavy atom.